The van der Waals surface area contributed by atoms with Crippen molar-refractivity contribution in [1.29, 1.82) is 0 Å². The minimum absolute atomic E-state index is 0.424. The number of hydrogen-bond donors (Lipinski definition) is 0. The molecule has 0 saturated heterocycles. The van der Waals surface area contributed by atoms with Gasteiger partial charge in [-0.25, -0.2) is 0 Å². The van der Waals surface area contributed by atoms with Crippen molar-refractivity contribution in [3.05, 3.63) is 83.4 Å². The Labute approximate surface area is 253 Å². The van der Waals surface area contributed by atoms with Crippen LogP contribution in [0.15, 0.2) is 66.7 Å². The predicted molar refractivity (Wildman–Crippen MR) is 188 cm³/mol. The van der Waals surface area contributed by atoms with E-state index in [2.05, 4.69) is 94.4 Å². The third-order valence-corrected chi connectivity index (χ3v) is 11.6. The highest BCUT2D eigenvalue weighted by molar-refractivity contribution is 7.73. The van der Waals surface area contributed by atoms with Gasteiger partial charge in [-0.15, -0.1) is 0 Å². The van der Waals surface area contributed by atoms with Crippen LogP contribution in [0.3, 0.4) is 0 Å². The first-order chi connectivity index (χ1) is 20.2. The summed E-state index contributed by atoms with van der Waals surface area (Å²) in [6, 6.07) is 26.1. The van der Waals surface area contributed by atoms with Gasteiger partial charge >= 0.3 is 0 Å². The van der Waals surface area contributed by atoms with Crippen molar-refractivity contribution in [3.8, 4) is 0 Å². The molecular weight excluding hydrogens is 511 g/mol. The van der Waals surface area contributed by atoms with Crippen molar-refractivity contribution < 1.29 is 0 Å². The van der Waals surface area contributed by atoms with E-state index >= 15 is 0 Å². The first kappa shape index (κ1) is 31.8. The van der Waals surface area contributed by atoms with E-state index in [0.717, 1.165) is 0 Å². The lowest BCUT2D eigenvalue weighted by atomic mass is 9.91. The summed E-state index contributed by atoms with van der Waals surface area (Å²) < 4.78 is 0. The molecule has 0 nitrogen and oxygen atoms in total. The largest absolute Gasteiger partial charge is 0.0654 e. The van der Waals surface area contributed by atoms with E-state index in [0.29, 0.717) is 0 Å². The van der Waals surface area contributed by atoms with Gasteiger partial charge in [0.15, 0.2) is 0 Å². The van der Waals surface area contributed by atoms with Gasteiger partial charge in [0.2, 0.25) is 0 Å². The molecule has 0 aromatic heterocycles. The summed E-state index contributed by atoms with van der Waals surface area (Å²) in [5, 5.41) is 8.91. The average Bonchev–Trinajstić information content (AvgIpc) is 3.00. The maximum absolute atomic E-state index is 2.61. The molecule has 1 atom stereocenters. The third kappa shape index (κ3) is 8.45. The zero-order chi connectivity index (χ0) is 28.9. The van der Waals surface area contributed by atoms with Crippen molar-refractivity contribution >= 4 is 40.1 Å². The first-order valence-electron chi connectivity index (χ1n) is 17.0. The molecule has 0 aliphatic heterocycles. The molecule has 41 heavy (non-hydrogen) atoms. The topological polar surface area (TPSA) is 0 Å². The Morgan fingerprint density at radius 2 is 1.07 bits per heavy atom. The molecule has 0 fully saturated rings. The van der Waals surface area contributed by atoms with Crippen molar-refractivity contribution in [2.45, 2.75) is 124 Å². The van der Waals surface area contributed by atoms with Gasteiger partial charge in [-0.3, -0.25) is 0 Å². The maximum atomic E-state index is 2.61. The monoisotopic (exact) mass is 566 g/mol. The van der Waals surface area contributed by atoms with Crippen LogP contribution < -0.4 is 10.6 Å². The van der Waals surface area contributed by atoms with Crippen LogP contribution in [0.25, 0.3) is 21.5 Å². The number of rotatable bonds is 18. The Kier molecular flexibility index (Phi) is 13.2. The molecule has 0 radical (unpaired) electrons. The zero-order valence-electron chi connectivity index (χ0n) is 26.6. The number of hydrogen-bond acceptors (Lipinski definition) is 0. The maximum Gasteiger partial charge on any atom is -0.00973 e. The van der Waals surface area contributed by atoms with Crippen LogP contribution in [-0.4, -0.2) is 6.16 Å². The highest BCUT2D eigenvalue weighted by Gasteiger charge is 2.22. The van der Waals surface area contributed by atoms with E-state index in [4.69, 9.17) is 0 Å². The van der Waals surface area contributed by atoms with Crippen LogP contribution in [-0.2, 0) is 19.3 Å². The van der Waals surface area contributed by atoms with Gasteiger partial charge < -0.3 is 0 Å². The van der Waals surface area contributed by atoms with Crippen LogP contribution in [0.4, 0.5) is 0 Å². The summed E-state index contributed by atoms with van der Waals surface area (Å²) >= 11 is 0. The molecular formula is C40H55P. The van der Waals surface area contributed by atoms with Crippen molar-refractivity contribution in [3.63, 3.8) is 0 Å². The second-order valence-corrected chi connectivity index (χ2v) is 14.4. The second kappa shape index (κ2) is 17.1. The van der Waals surface area contributed by atoms with E-state index < -0.39 is 7.92 Å². The van der Waals surface area contributed by atoms with Crippen LogP contribution in [0.5, 0.6) is 0 Å². The lowest BCUT2D eigenvalue weighted by Crippen LogP contribution is -2.22. The molecule has 0 bridgehead atoms. The van der Waals surface area contributed by atoms with E-state index in [1.165, 1.54) is 124 Å². The van der Waals surface area contributed by atoms with Crippen molar-refractivity contribution in [2.75, 3.05) is 6.16 Å². The molecule has 1 heteroatoms. The molecule has 4 rings (SSSR count). The minimum atomic E-state index is -0.424. The molecule has 220 valence electrons. The zero-order valence-corrected chi connectivity index (χ0v) is 27.5. The molecule has 4 aromatic rings. The average molecular weight is 567 g/mol. The normalized spacial score (nSPS) is 12.4. The van der Waals surface area contributed by atoms with Crippen LogP contribution in [0.2, 0.25) is 0 Å². The summed E-state index contributed by atoms with van der Waals surface area (Å²) in [5.41, 5.74) is 5.12. The van der Waals surface area contributed by atoms with E-state index in [1.54, 1.807) is 27.3 Å². The van der Waals surface area contributed by atoms with Crippen LogP contribution >= 0.6 is 7.92 Å². The van der Waals surface area contributed by atoms with E-state index in [-0.39, 0.29) is 0 Å². The molecule has 0 aliphatic carbocycles. The molecule has 0 N–H and O–H groups in total. The molecule has 0 heterocycles. The lowest BCUT2D eigenvalue weighted by Gasteiger charge is -2.27. The Hall–Kier alpha value is -2.17. The van der Waals surface area contributed by atoms with E-state index in [1.807, 2.05) is 0 Å². The SMILES string of the molecule is CCCCCCCCP(c1ccc(CCCC)c(CCCC)c1CCCC)c1cccc2cc3ccccc3cc12. The molecule has 0 aliphatic rings. The number of fused-ring (bicyclic) bond motifs is 2. The Balaban J connectivity index is 1.84. The van der Waals surface area contributed by atoms with Gasteiger partial charge in [0.1, 0.15) is 0 Å². The van der Waals surface area contributed by atoms with Gasteiger partial charge in [0, 0.05) is 0 Å². The minimum Gasteiger partial charge on any atom is -0.0654 e. The highest BCUT2D eigenvalue weighted by atomic mass is 31.1. The standard InChI is InChI=1S/C40H55P/c1-5-9-13-14-15-18-29-41(39-26-19-23-35-30-33-21-16-17-22-34(33)31-38(35)39)40-28-27-32(20-10-6-2)36(24-11-7-3)37(40)25-12-8-4/h16-17,19,21-23,26-28,30-31H,5-15,18,20,24-25,29H2,1-4H3. The Morgan fingerprint density at radius 3 is 1.80 bits per heavy atom. The summed E-state index contributed by atoms with van der Waals surface area (Å²) in [4.78, 5) is 0. The van der Waals surface area contributed by atoms with Crippen molar-refractivity contribution in [2.24, 2.45) is 0 Å². The fourth-order valence-electron chi connectivity index (χ4n) is 6.49. The second-order valence-electron chi connectivity index (χ2n) is 12.1. The molecule has 1 unspecified atom stereocenters. The van der Waals surface area contributed by atoms with Gasteiger partial charge in [0.05, 0.1) is 0 Å². The fraction of sp³-hybridized carbons (Fsp3) is 0.500. The summed E-state index contributed by atoms with van der Waals surface area (Å²) in [5.74, 6) is 0. The third-order valence-electron chi connectivity index (χ3n) is 8.90. The van der Waals surface area contributed by atoms with Gasteiger partial charge in [-0.05, 0) is 120 Å². The summed E-state index contributed by atoms with van der Waals surface area (Å²) in [6.07, 6.45) is 21.0. The van der Waals surface area contributed by atoms with Crippen LogP contribution in [0.1, 0.15) is 121 Å². The van der Waals surface area contributed by atoms with Crippen molar-refractivity contribution in [1.82, 2.24) is 0 Å². The van der Waals surface area contributed by atoms with E-state index in [9.17, 15) is 0 Å². The van der Waals surface area contributed by atoms with Gasteiger partial charge in [-0.2, -0.15) is 0 Å². The molecule has 4 aromatic carbocycles. The van der Waals surface area contributed by atoms with Gasteiger partial charge in [0.25, 0.3) is 0 Å². The summed E-state index contributed by atoms with van der Waals surface area (Å²) in [6.45, 7) is 9.37. The smallest absolute Gasteiger partial charge is 0.00973 e. The Bertz CT molecular complexity index is 1350. The van der Waals surface area contributed by atoms with Crippen LogP contribution in [0, 0.1) is 0 Å². The molecule has 0 spiro atoms. The molecule has 0 amide bonds. The fourth-order valence-corrected chi connectivity index (χ4v) is 9.35. The summed E-state index contributed by atoms with van der Waals surface area (Å²) in [7, 11) is -0.424. The Morgan fingerprint density at radius 1 is 0.463 bits per heavy atom. The predicted octanol–water partition coefficient (Wildman–Crippen LogP) is 11.8. The number of aryl methyl sites for hydroxylation is 1. The van der Waals surface area contributed by atoms with Gasteiger partial charge in [-0.1, -0.05) is 134 Å². The first-order valence-corrected chi connectivity index (χ1v) is 18.6. The lowest BCUT2D eigenvalue weighted by molar-refractivity contribution is 0.626. The quantitative estimate of drug-likeness (QED) is 0.0638. The number of unbranched alkanes of at least 4 members (excludes halogenated alkanes) is 8. The molecule has 0 saturated carbocycles. The number of benzene rings is 4. The highest BCUT2D eigenvalue weighted by Crippen LogP contribution is 2.41.